The number of carbonyl (C=O) groups excluding carboxylic acids is 2. The van der Waals surface area contributed by atoms with Crippen molar-refractivity contribution in [3.63, 3.8) is 0 Å². The van der Waals surface area contributed by atoms with E-state index in [-0.39, 0.29) is 35.6 Å². The minimum Gasteiger partial charge on any atom is -0.352 e. The second kappa shape index (κ2) is 9.47. The van der Waals surface area contributed by atoms with Crippen LogP contribution in [0.3, 0.4) is 0 Å². The summed E-state index contributed by atoms with van der Waals surface area (Å²) >= 11 is 0. The molecule has 2 aliphatic heterocycles. The first-order valence-corrected chi connectivity index (χ1v) is 13.3. The van der Waals surface area contributed by atoms with E-state index >= 15 is 0 Å². The molecule has 182 valence electrons. The number of nitrogens with zero attached hydrogens (tertiary/aromatic N) is 3. The van der Waals surface area contributed by atoms with Crippen LogP contribution in [0.4, 0.5) is 0 Å². The third kappa shape index (κ3) is 4.86. The number of rotatable bonds is 7. The van der Waals surface area contributed by atoms with Gasteiger partial charge in [0.2, 0.25) is 15.9 Å². The van der Waals surface area contributed by atoms with Crippen molar-refractivity contribution in [1.29, 1.82) is 0 Å². The normalized spacial score (nSPS) is 25.7. The Bertz CT molecular complexity index is 1140. The minimum absolute atomic E-state index is 0.00463. The van der Waals surface area contributed by atoms with Gasteiger partial charge in [-0.1, -0.05) is 18.2 Å². The van der Waals surface area contributed by atoms with Crippen molar-refractivity contribution < 1.29 is 18.0 Å². The first-order valence-electron chi connectivity index (χ1n) is 11.8. The Morgan fingerprint density at radius 1 is 1.06 bits per heavy atom. The number of hydrogen-bond acceptors (Lipinski definition) is 6. The summed E-state index contributed by atoms with van der Waals surface area (Å²) in [4.78, 5) is 30.5. The van der Waals surface area contributed by atoms with Gasteiger partial charge in [-0.25, -0.2) is 13.4 Å². The molecule has 10 nitrogen and oxygen atoms in total. The molecule has 3 fully saturated rings. The largest absolute Gasteiger partial charge is 0.352 e. The second-order valence-electron chi connectivity index (χ2n) is 9.31. The van der Waals surface area contributed by atoms with E-state index in [4.69, 9.17) is 0 Å². The first-order chi connectivity index (χ1) is 16.4. The minimum atomic E-state index is -3.80. The highest BCUT2D eigenvalue weighted by atomic mass is 32.2. The van der Waals surface area contributed by atoms with Gasteiger partial charge in [0.25, 0.3) is 5.91 Å². The zero-order valence-electron chi connectivity index (χ0n) is 18.9. The number of piperidine rings is 1. The summed E-state index contributed by atoms with van der Waals surface area (Å²) in [7, 11) is -3.80. The summed E-state index contributed by atoms with van der Waals surface area (Å²) in [5, 5.41) is 9.21. The predicted molar refractivity (Wildman–Crippen MR) is 124 cm³/mol. The van der Waals surface area contributed by atoms with Gasteiger partial charge >= 0.3 is 0 Å². The molecule has 2 saturated heterocycles. The van der Waals surface area contributed by atoms with E-state index in [1.165, 1.54) is 16.4 Å². The van der Waals surface area contributed by atoms with E-state index < -0.39 is 27.9 Å². The van der Waals surface area contributed by atoms with Crippen molar-refractivity contribution >= 4 is 21.8 Å². The van der Waals surface area contributed by atoms with Gasteiger partial charge in [0, 0.05) is 37.9 Å². The molecular formula is C23H30N6O4S. The molecule has 5 rings (SSSR count). The molecule has 11 heteroatoms. The summed E-state index contributed by atoms with van der Waals surface area (Å²) in [6.45, 7) is 1.63. The number of aromatic nitrogens is 2. The van der Waals surface area contributed by atoms with E-state index in [1.54, 1.807) is 30.7 Å². The predicted octanol–water partition coefficient (Wildman–Crippen LogP) is 0.505. The van der Waals surface area contributed by atoms with Gasteiger partial charge in [-0.05, 0) is 44.4 Å². The van der Waals surface area contributed by atoms with Crippen LogP contribution in [0.15, 0.2) is 47.8 Å². The van der Waals surface area contributed by atoms with Crippen molar-refractivity contribution in [2.75, 3.05) is 26.2 Å². The van der Waals surface area contributed by atoms with Crippen molar-refractivity contribution in [3.8, 4) is 0 Å². The quantitative estimate of drug-likeness (QED) is 0.524. The SMILES string of the molecule is O=C(N[C@H]1CN(S(=O)(=O)c2ccccc2)C[C@@H]1C(=O)N[C@H]1CCCNC1)c1cn(C2CC2)cn1. The number of nitrogens with one attached hydrogen (secondary N) is 3. The molecule has 0 radical (unpaired) electrons. The van der Waals surface area contributed by atoms with Gasteiger partial charge in [0.1, 0.15) is 5.69 Å². The molecule has 1 aromatic heterocycles. The lowest BCUT2D eigenvalue weighted by atomic mass is 10.0. The molecule has 1 aliphatic carbocycles. The lowest BCUT2D eigenvalue weighted by Gasteiger charge is -2.26. The lowest BCUT2D eigenvalue weighted by molar-refractivity contribution is -0.125. The van der Waals surface area contributed by atoms with Crippen LogP contribution < -0.4 is 16.0 Å². The lowest BCUT2D eigenvalue weighted by Crippen LogP contribution is -2.51. The summed E-state index contributed by atoms with van der Waals surface area (Å²) in [6.07, 6.45) is 7.34. The Morgan fingerprint density at radius 3 is 2.56 bits per heavy atom. The smallest absolute Gasteiger partial charge is 0.271 e. The molecule has 2 aromatic rings. The molecule has 34 heavy (non-hydrogen) atoms. The highest BCUT2D eigenvalue weighted by Gasteiger charge is 2.44. The van der Waals surface area contributed by atoms with E-state index in [9.17, 15) is 18.0 Å². The Labute approximate surface area is 199 Å². The summed E-state index contributed by atoms with van der Waals surface area (Å²) in [6, 6.07) is 7.89. The van der Waals surface area contributed by atoms with E-state index in [0.717, 1.165) is 32.2 Å². The van der Waals surface area contributed by atoms with Gasteiger partial charge < -0.3 is 20.5 Å². The van der Waals surface area contributed by atoms with Crippen molar-refractivity contribution in [1.82, 2.24) is 29.8 Å². The molecule has 3 heterocycles. The number of hydrogen-bond donors (Lipinski definition) is 3. The molecule has 2 amide bonds. The monoisotopic (exact) mass is 486 g/mol. The Morgan fingerprint density at radius 2 is 1.85 bits per heavy atom. The maximum Gasteiger partial charge on any atom is 0.271 e. The average Bonchev–Trinajstić information content (AvgIpc) is 3.41. The van der Waals surface area contributed by atoms with Gasteiger partial charge in [0.15, 0.2) is 0 Å². The maximum atomic E-state index is 13.2. The number of imidazole rings is 1. The average molecular weight is 487 g/mol. The van der Waals surface area contributed by atoms with Crippen molar-refractivity contribution in [2.45, 2.75) is 48.7 Å². The number of sulfonamides is 1. The van der Waals surface area contributed by atoms with E-state index in [1.807, 2.05) is 4.57 Å². The van der Waals surface area contributed by atoms with E-state index in [0.29, 0.717) is 12.6 Å². The van der Waals surface area contributed by atoms with E-state index in [2.05, 4.69) is 20.9 Å². The molecule has 1 aromatic carbocycles. The second-order valence-corrected chi connectivity index (χ2v) is 11.2. The molecular weight excluding hydrogens is 456 g/mol. The van der Waals surface area contributed by atoms with Crippen molar-refractivity contribution in [3.05, 3.63) is 48.5 Å². The van der Waals surface area contributed by atoms with Gasteiger partial charge in [0.05, 0.1) is 23.2 Å². The molecule has 0 unspecified atom stereocenters. The van der Waals surface area contributed by atoms with Crippen LogP contribution in [-0.4, -0.2) is 72.4 Å². The van der Waals surface area contributed by atoms with Crippen LogP contribution in [0.2, 0.25) is 0 Å². The first kappa shape index (κ1) is 23.0. The zero-order chi connectivity index (χ0) is 23.7. The van der Waals surface area contributed by atoms with Crippen LogP contribution >= 0.6 is 0 Å². The third-order valence-electron chi connectivity index (χ3n) is 6.77. The summed E-state index contributed by atoms with van der Waals surface area (Å²) < 4.78 is 29.7. The Hall–Kier alpha value is -2.76. The highest BCUT2D eigenvalue weighted by molar-refractivity contribution is 7.89. The van der Waals surface area contributed by atoms with Crippen LogP contribution in [0.1, 0.15) is 42.2 Å². The van der Waals surface area contributed by atoms with Gasteiger partial charge in [-0.3, -0.25) is 9.59 Å². The summed E-state index contributed by atoms with van der Waals surface area (Å²) in [5.74, 6) is -1.34. The highest BCUT2D eigenvalue weighted by Crippen LogP contribution is 2.34. The van der Waals surface area contributed by atoms with Crippen LogP contribution in [0.25, 0.3) is 0 Å². The van der Waals surface area contributed by atoms with Crippen LogP contribution in [-0.2, 0) is 14.8 Å². The number of carbonyl (C=O) groups is 2. The van der Waals surface area contributed by atoms with Gasteiger partial charge in [-0.2, -0.15) is 4.31 Å². The topological polar surface area (TPSA) is 125 Å². The Kier molecular flexibility index (Phi) is 6.41. The molecule has 3 atom stereocenters. The Balaban J connectivity index is 1.34. The molecule has 3 N–H and O–H groups in total. The molecule has 3 aliphatic rings. The van der Waals surface area contributed by atoms with Crippen LogP contribution in [0.5, 0.6) is 0 Å². The fraction of sp³-hybridized carbons (Fsp3) is 0.522. The fourth-order valence-corrected chi connectivity index (χ4v) is 6.18. The van der Waals surface area contributed by atoms with Crippen molar-refractivity contribution in [2.24, 2.45) is 5.92 Å². The molecule has 0 bridgehead atoms. The fourth-order valence-electron chi connectivity index (χ4n) is 4.67. The number of benzene rings is 1. The maximum absolute atomic E-state index is 13.2. The van der Waals surface area contributed by atoms with Crippen LogP contribution in [0, 0.1) is 5.92 Å². The number of amides is 2. The molecule has 1 saturated carbocycles. The summed E-state index contributed by atoms with van der Waals surface area (Å²) in [5.41, 5.74) is 0.270. The standard InChI is InChI=1S/C23H30N6O4S/c30-22(26-16-5-4-10-24-11-16)19-12-29(34(32,33)18-6-2-1-3-7-18)14-20(19)27-23(31)21-13-28(15-25-21)17-8-9-17/h1-3,6-7,13,15-17,19-20,24H,4-5,8-12,14H2,(H,26,30)(H,27,31)/t16-,19-,20-/m0/s1. The molecule has 0 spiro atoms. The zero-order valence-corrected chi connectivity index (χ0v) is 19.7. The third-order valence-corrected chi connectivity index (χ3v) is 8.61. The van der Waals surface area contributed by atoms with Gasteiger partial charge in [-0.15, -0.1) is 0 Å².